The fourth-order valence-electron chi connectivity index (χ4n) is 2.03. The number of hydrogen-bond donors (Lipinski definition) is 3. The Labute approximate surface area is 144 Å². The van der Waals surface area contributed by atoms with Crippen molar-refractivity contribution in [3.63, 3.8) is 0 Å². The second-order valence-electron chi connectivity index (χ2n) is 5.81. The molecule has 0 bridgehead atoms. The smallest absolute Gasteiger partial charge is 0.261 e. The molecule has 1 amide bonds. The molecule has 0 unspecified atom stereocenters. The lowest BCUT2D eigenvalue weighted by atomic mass is 10.1. The minimum absolute atomic E-state index is 0.00250. The van der Waals surface area contributed by atoms with Crippen molar-refractivity contribution < 1.29 is 4.79 Å². The Morgan fingerprint density at radius 1 is 1.22 bits per heavy atom. The predicted octanol–water partition coefficient (Wildman–Crippen LogP) is 2.86. The van der Waals surface area contributed by atoms with Crippen molar-refractivity contribution in [1.29, 1.82) is 0 Å². The van der Waals surface area contributed by atoms with Crippen LogP contribution in [0, 0.1) is 5.92 Å². The van der Waals surface area contributed by atoms with Crippen LogP contribution >= 0.6 is 11.3 Å². The number of amides is 1. The molecule has 0 saturated heterocycles. The highest BCUT2D eigenvalue weighted by atomic mass is 32.1. The Hall–Kier alpha value is -1.56. The summed E-state index contributed by atoms with van der Waals surface area (Å²) in [5.74, 6) is 1.60. The summed E-state index contributed by atoms with van der Waals surface area (Å²) in [4.78, 5) is 17.1. The first-order chi connectivity index (χ1) is 11.1. The van der Waals surface area contributed by atoms with Gasteiger partial charge in [-0.15, -0.1) is 11.3 Å². The normalized spacial score (nSPS) is 11.6. The Balaban J connectivity index is 2.19. The zero-order chi connectivity index (χ0) is 16.9. The molecule has 23 heavy (non-hydrogen) atoms. The van der Waals surface area contributed by atoms with Crippen LogP contribution in [0.3, 0.4) is 0 Å². The Morgan fingerprint density at radius 2 is 2.00 bits per heavy atom. The van der Waals surface area contributed by atoms with Crippen LogP contribution in [-0.4, -0.2) is 38.0 Å². The van der Waals surface area contributed by atoms with Crippen LogP contribution in [0.1, 0.15) is 49.7 Å². The maximum atomic E-state index is 11.8. The highest BCUT2D eigenvalue weighted by Gasteiger charge is 2.04. The van der Waals surface area contributed by atoms with Gasteiger partial charge in [0, 0.05) is 26.2 Å². The number of guanidine groups is 1. The van der Waals surface area contributed by atoms with Crippen LogP contribution in [0.2, 0.25) is 0 Å². The van der Waals surface area contributed by atoms with Crippen molar-refractivity contribution in [1.82, 2.24) is 16.0 Å². The SMILES string of the molecule is CCNC(=NCCCNC(=O)c1cccs1)NCCCC(C)C. The largest absolute Gasteiger partial charge is 0.357 e. The van der Waals surface area contributed by atoms with E-state index < -0.39 is 0 Å². The minimum Gasteiger partial charge on any atom is -0.357 e. The van der Waals surface area contributed by atoms with Crippen molar-refractivity contribution in [2.75, 3.05) is 26.2 Å². The lowest BCUT2D eigenvalue weighted by molar-refractivity contribution is 0.0957. The number of hydrogen-bond acceptors (Lipinski definition) is 3. The van der Waals surface area contributed by atoms with Crippen molar-refractivity contribution in [3.8, 4) is 0 Å². The maximum Gasteiger partial charge on any atom is 0.261 e. The molecule has 0 atom stereocenters. The quantitative estimate of drug-likeness (QED) is 0.349. The van der Waals surface area contributed by atoms with E-state index in [1.54, 1.807) is 0 Å². The number of rotatable bonds is 10. The van der Waals surface area contributed by atoms with Gasteiger partial charge in [-0.3, -0.25) is 9.79 Å². The van der Waals surface area contributed by atoms with E-state index in [9.17, 15) is 4.79 Å². The molecular formula is C17H30N4OS. The summed E-state index contributed by atoms with van der Waals surface area (Å²) in [6, 6.07) is 3.72. The summed E-state index contributed by atoms with van der Waals surface area (Å²) in [6.45, 7) is 9.68. The second-order valence-corrected chi connectivity index (χ2v) is 6.76. The van der Waals surface area contributed by atoms with Crippen LogP contribution in [0.4, 0.5) is 0 Å². The Kier molecular flexibility index (Phi) is 10.1. The van der Waals surface area contributed by atoms with E-state index in [0.717, 1.165) is 42.7 Å². The number of nitrogens with one attached hydrogen (secondary N) is 3. The van der Waals surface area contributed by atoms with Gasteiger partial charge in [0.15, 0.2) is 5.96 Å². The van der Waals surface area contributed by atoms with Crippen molar-refractivity contribution in [3.05, 3.63) is 22.4 Å². The molecule has 0 aliphatic rings. The second kappa shape index (κ2) is 11.9. The van der Waals surface area contributed by atoms with Crippen LogP contribution in [-0.2, 0) is 0 Å². The molecular weight excluding hydrogens is 308 g/mol. The predicted molar refractivity (Wildman–Crippen MR) is 99.3 cm³/mol. The van der Waals surface area contributed by atoms with E-state index >= 15 is 0 Å². The molecule has 3 N–H and O–H groups in total. The topological polar surface area (TPSA) is 65.5 Å². The first-order valence-electron chi connectivity index (χ1n) is 8.47. The number of carbonyl (C=O) groups is 1. The van der Waals surface area contributed by atoms with Crippen LogP contribution in [0.25, 0.3) is 0 Å². The van der Waals surface area contributed by atoms with Gasteiger partial charge in [-0.2, -0.15) is 0 Å². The van der Waals surface area contributed by atoms with Gasteiger partial charge in [0.1, 0.15) is 0 Å². The van der Waals surface area contributed by atoms with Gasteiger partial charge in [-0.05, 0) is 43.6 Å². The van der Waals surface area contributed by atoms with E-state index in [-0.39, 0.29) is 5.91 Å². The molecule has 0 aromatic carbocycles. The molecule has 0 aliphatic carbocycles. The van der Waals surface area contributed by atoms with E-state index in [1.807, 2.05) is 17.5 Å². The molecule has 0 spiro atoms. The molecule has 0 fully saturated rings. The standard InChI is InChI=1S/C17H30N4OS/c1-4-18-17(20-10-5-8-14(2)3)21-12-7-11-19-16(22)15-9-6-13-23-15/h6,9,13-14H,4-5,7-8,10-12H2,1-3H3,(H,19,22)(H2,18,20,21). The zero-order valence-electron chi connectivity index (χ0n) is 14.5. The fourth-order valence-corrected chi connectivity index (χ4v) is 2.67. The first kappa shape index (κ1) is 19.5. The zero-order valence-corrected chi connectivity index (χ0v) is 15.3. The number of carbonyl (C=O) groups excluding carboxylic acids is 1. The van der Waals surface area contributed by atoms with Gasteiger partial charge in [0.2, 0.25) is 0 Å². The molecule has 1 aromatic heterocycles. The van der Waals surface area contributed by atoms with Gasteiger partial charge in [-0.25, -0.2) is 0 Å². The van der Waals surface area contributed by atoms with Crippen LogP contribution in [0.5, 0.6) is 0 Å². The summed E-state index contributed by atoms with van der Waals surface area (Å²) in [5.41, 5.74) is 0. The highest BCUT2D eigenvalue weighted by Crippen LogP contribution is 2.07. The lowest BCUT2D eigenvalue weighted by Gasteiger charge is -2.12. The molecule has 130 valence electrons. The van der Waals surface area contributed by atoms with Crippen LogP contribution < -0.4 is 16.0 Å². The third-order valence-electron chi connectivity index (χ3n) is 3.23. The maximum absolute atomic E-state index is 11.8. The average Bonchev–Trinajstić information content (AvgIpc) is 3.05. The summed E-state index contributed by atoms with van der Waals surface area (Å²) in [7, 11) is 0. The van der Waals surface area contributed by atoms with E-state index in [4.69, 9.17) is 0 Å². The molecule has 1 rings (SSSR count). The average molecular weight is 339 g/mol. The summed E-state index contributed by atoms with van der Waals surface area (Å²) >= 11 is 1.46. The Bertz CT molecular complexity index is 457. The molecule has 6 heteroatoms. The van der Waals surface area contributed by atoms with E-state index in [0.29, 0.717) is 13.1 Å². The Morgan fingerprint density at radius 3 is 2.65 bits per heavy atom. The highest BCUT2D eigenvalue weighted by molar-refractivity contribution is 7.12. The monoisotopic (exact) mass is 338 g/mol. The minimum atomic E-state index is 0.00250. The number of thiophene rings is 1. The van der Waals surface area contributed by atoms with Crippen molar-refractivity contribution in [2.24, 2.45) is 10.9 Å². The molecule has 0 saturated carbocycles. The lowest BCUT2D eigenvalue weighted by Crippen LogP contribution is -2.38. The fraction of sp³-hybridized carbons (Fsp3) is 0.647. The number of nitrogens with zero attached hydrogens (tertiary/aromatic N) is 1. The summed E-state index contributed by atoms with van der Waals surface area (Å²) in [6.07, 6.45) is 3.21. The molecule has 1 heterocycles. The van der Waals surface area contributed by atoms with Gasteiger partial charge >= 0.3 is 0 Å². The molecule has 0 aliphatic heterocycles. The van der Waals surface area contributed by atoms with Gasteiger partial charge in [-0.1, -0.05) is 19.9 Å². The molecule has 5 nitrogen and oxygen atoms in total. The van der Waals surface area contributed by atoms with Crippen molar-refractivity contribution in [2.45, 2.75) is 40.0 Å². The van der Waals surface area contributed by atoms with Gasteiger partial charge < -0.3 is 16.0 Å². The van der Waals surface area contributed by atoms with Gasteiger partial charge in [0.25, 0.3) is 5.91 Å². The van der Waals surface area contributed by atoms with E-state index in [2.05, 4.69) is 41.7 Å². The summed E-state index contributed by atoms with van der Waals surface area (Å²) < 4.78 is 0. The third-order valence-corrected chi connectivity index (χ3v) is 4.10. The molecule has 0 radical (unpaired) electrons. The van der Waals surface area contributed by atoms with Crippen molar-refractivity contribution >= 4 is 23.2 Å². The first-order valence-corrected chi connectivity index (χ1v) is 9.35. The molecule has 1 aromatic rings. The van der Waals surface area contributed by atoms with Crippen LogP contribution in [0.15, 0.2) is 22.5 Å². The number of aliphatic imine (C=N–C) groups is 1. The third kappa shape index (κ3) is 9.23. The van der Waals surface area contributed by atoms with E-state index in [1.165, 1.54) is 17.8 Å². The summed E-state index contributed by atoms with van der Waals surface area (Å²) in [5, 5.41) is 11.4. The van der Waals surface area contributed by atoms with Gasteiger partial charge in [0.05, 0.1) is 4.88 Å².